The average molecular weight is 539 g/mol. The monoisotopic (exact) mass is 538 g/mol. The van der Waals surface area contributed by atoms with Crippen LogP contribution in [0, 0.1) is 5.92 Å². The van der Waals surface area contributed by atoms with Crippen LogP contribution in [-0.2, 0) is 20.0 Å². The Labute approximate surface area is 225 Å². The zero-order valence-electron chi connectivity index (χ0n) is 22.4. The van der Waals surface area contributed by atoms with E-state index in [1.165, 1.54) is 43.2 Å². The average Bonchev–Trinajstić information content (AvgIpc) is 3.13. The predicted molar refractivity (Wildman–Crippen MR) is 147 cm³/mol. The van der Waals surface area contributed by atoms with Crippen molar-refractivity contribution in [2.45, 2.75) is 74.1 Å². The fraction of sp³-hybridized carbons (Fsp3) is 0.552. The summed E-state index contributed by atoms with van der Waals surface area (Å²) < 4.78 is 23.3. The quantitative estimate of drug-likeness (QED) is 0.529. The number of pyridine rings is 1. The Kier molecular flexibility index (Phi) is 7.24. The number of anilines is 1. The number of hydrogen-bond acceptors (Lipinski definition) is 5. The summed E-state index contributed by atoms with van der Waals surface area (Å²) in [7, 11) is -3.35. The van der Waals surface area contributed by atoms with Crippen molar-refractivity contribution in [3.63, 3.8) is 0 Å². The van der Waals surface area contributed by atoms with E-state index in [0.29, 0.717) is 24.8 Å². The molecule has 3 aliphatic rings. The third-order valence-corrected chi connectivity index (χ3v) is 10.1. The molecule has 1 N–H and O–H groups in total. The second-order valence-corrected chi connectivity index (χ2v) is 13.7. The van der Waals surface area contributed by atoms with Gasteiger partial charge in [-0.2, -0.15) is 0 Å². The molecule has 2 saturated carbocycles. The van der Waals surface area contributed by atoms with Gasteiger partial charge in [0.2, 0.25) is 5.91 Å². The minimum atomic E-state index is -3.35. The van der Waals surface area contributed by atoms with Gasteiger partial charge in [-0.05, 0) is 67.6 Å². The summed E-state index contributed by atoms with van der Waals surface area (Å²) in [6.45, 7) is 4.18. The third-order valence-electron chi connectivity index (χ3n) is 9.02. The Balaban J connectivity index is 1.23. The minimum Gasteiger partial charge on any atom is -0.322 e. The first-order valence-corrected chi connectivity index (χ1v) is 15.6. The summed E-state index contributed by atoms with van der Waals surface area (Å²) in [5, 5.41) is 2.72. The Hall–Kier alpha value is -2.94. The summed E-state index contributed by atoms with van der Waals surface area (Å²) in [5.74, 6) is 0.636. The molecule has 3 amide bonds. The maximum Gasteiger partial charge on any atom is 0.320 e. The van der Waals surface area contributed by atoms with Crippen molar-refractivity contribution in [3.05, 3.63) is 54.2 Å². The fourth-order valence-electron chi connectivity index (χ4n) is 6.20. The van der Waals surface area contributed by atoms with Crippen LogP contribution in [0.2, 0.25) is 0 Å². The summed E-state index contributed by atoms with van der Waals surface area (Å²) in [5.41, 5.74) is 1.32. The van der Waals surface area contributed by atoms with Gasteiger partial charge in [-0.1, -0.05) is 43.7 Å². The molecule has 0 atom stereocenters. The normalized spacial score (nSPS) is 26.0. The molecule has 5 rings (SSSR count). The van der Waals surface area contributed by atoms with E-state index in [9.17, 15) is 18.0 Å². The first-order valence-electron chi connectivity index (χ1n) is 13.7. The molecule has 9 heteroatoms. The number of urea groups is 1. The minimum absolute atomic E-state index is 0.0589. The number of nitrogens with zero attached hydrogens (tertiary/aromatic N) is 3. The molecular weight excluding hydrogens is 500 g/mol. The smallest absolute Gasteiger partial charge is 0.320 e. The molecule has 0 bridgehead atoms. The first-order chi connectivity index (χ1) is 18.1. The van der Waals surface area contributed by atoms with Gasteiger partial charge in [0.15, 0.2) is 9.84 Å². The lowest BCUT2D eigenvalue weighted by Crippen LogP contribution is -2.53. The maximum atomic E-state index is 13.6. The lowest BCUT2D eigenvalue weighted by molar-refractivity contribution is -0.116. The second-order valence-electron chi connectivity index (χ2n) is 11.7. The van der Waals surface area contributed by atoms with Gasteiger partial charge >= 0.3 is 6.03 Å². The van der Waals surface area contributed by atoms with Crippen molar-refractivity contribution in [3.8, 4) is 0 Å². The first kappa shape index (κ1) is 26.7. The molecule has 1 aromatic carbocycles. The topological polar surface area (TPSA) is 99.7 Å². The molecule has 0 radical (unpaired) electrons. The van der Waals surface area contributed by atoms with Crippen LogP contribution in [0.1, 0.15) is 63.9 Å². The Morgan fingerprint density at radius 1 is 1.08 bits per heavy atom. The zero-order valence-corrected chi connectivity index (χ0v) is 23.2. The van der Waals surface area contributed by atoms with Crippen LogP contribution >= 0.6 is 0 Å². The van der Waals surface area contributed by atoms with E-state index in [1.807, 2.05) is 4.90 Å². The SMILES string of the molecule is CS(=O)(=O)c1ccc(NC(=O)CCN2C[C@]3(CC[C@@](C)(c4ccccc4)CC3)N(CC3CCC3)C2=O)nc1. The van der Waals surface area contributed by atoms with E-state index in [2.05, 4.69) is 52.5 Å². The lowest BCUT2D eigenvalue weighted by atomic mass is 9.65. The van der Waals surface area contributed by atoms with Crippen LogP contribution in [0.4, 0.5) is 10.6 Å². The summed E-state index contributed by atoms with van der Waals surface area (Å²) in [4.78, 5) is 34.5. The molecule has 2 aromatic rings. The van der Waals surface area contributed by atoms with Gasteiger partial charge in [0.05, 0.1) is 10.4 Å². The van der Waals surface area contributed by atoms with E-state index in [-0.39, 0.29) is 34.2 Å². The highest BCUT2D eigenvalue weighted by molar-refractivity contribution is 7.90. The van der Waals surface area contributed by atoms with Crippen LogP contribution in [0.15, 0.2) is 53.6 Å². The Morgan fingerprint density at radius 3 is 2.37 bits per heavy atom. The molecule has 38 heavy (non-hydrogen) atoms. The number of carbonyl (C=O) groups is 2. The summed E-state index contributed by atoms with van der Waals surface area (Å²) in [6, 6.07) is 13.7. The number of nitrogens with one attached hydrogen (secondary N) is 1. The molecule has 1 spiro atoms. The van der Waals surface area contributed by atoms with E-state index in [0.717, 1.165) is 38.5 Å². The van der Waals surface area contributed by atoms with Gasteiger partial charge < -0.3 is 15.1 Å². The third kappa shape index (κ3) is 5.44. The number of benzene rings is 1. The van der Waals surface area contributed by atoms with Crippen molar-refractivity contribution in [1.29, 1.82) is 0 Å². The molecular formula is C29H38N4O4S. The van der Waals surface area contributed by atoms with E-state index in [1.54, 1.807) is 0 Å². The second kappa shape index (κ2) is 10.3. The van der Waals surface area contributed by atoms with Gasteiger partial charge in [0, 0.05) is 38.5 Å². The van der Waals surface area contributed by atoms with E-state index in [4.69, 9.17) is 0 Å². The van der Waals surface area contributed by atoms with Crippen LogP contribution in [0.5, 0.6) is 0 Å². The van der Waals surface area contributed by atoms with Crippen molar-refractivity contribution < 1.29 is 18.0 Å². The summed E-state index contributed by atoms with van der Waals surface area (Å²) >= 11 is 0. The summed E-state index contributed by atoms with van der Waals surface area (Å²) in [6.07, 6.45) is 10.2. The van der Waals surface area contributed by atoms with Gasteiger partial charge in [-0.3, -0.25) is 4.79 Å². The number of aromatic nitrogens is 1. The highest BCUT2D eigenvalue weighted by Gasteiger charge is 2.53. The van der Waals surface area contributed by atoms with Crippen LogP contribution in [-0.4, -0.2) is 66.6 Å². The standard InChI is InChI=1S/C29H38N4O4S/c1-28(23-9-4-3-5-10-23)14-16-29(17-15-28)21-32(27(35)33(29)20-22-7-6-8-22)18-13-26(34)31-25-12-11-24(19-30-25)38(2,36)37/h3-5,9-12,19,22H,6-8,13-18,20-21H2,1-2H3,(H,30,31,34)/t28-,29-. The molecule has 2 heterocycles. The highest BCUT2D eigenvalue weighted by atomic mass is 32.2. The highest BCUT2D eigenvalue weighted by Crippen LogP contribution is 2.48. The number of carbonyl (C=O) groups excluding carboxylic acids is 2. The zero-order chi connectivity index (χ0) is 27.0. The number of hydrogen-bond donors (Lipinski definition) is 1. The van der Waals surface area contributed by atoms with Crippen LogP contribution < -0.4 is 5.32 Å². The van der Waals surface area contributed by atoms with Gasteiger partial charge in [-0.15, -0.1) is 0 Å². The van der Waals surface area contributed by atoms with Crippen LogP contribution in [0.25, 0.3) is 0 Å². The molecule has 1 aliphatic heterocycles. The Morgan fingerprint density at radius 2 is 1.79 bits per heavy atom. The van der Waals surface area contributed by atoms with Crippen LogP contribution in [0.3, 0.4) is 0 Å². The molecule has 0 unspecified atom stereocenters. The lowest BCUT2D eigenvalue weighted by Gasteiger charge is -2.48. The van der Waals surface area contributed by atoms with Gasteiger partial charge in [0.1, 0.15) is 5.82 Å². The largest absolute Gasteiger partial charge is 0.322 e. The number of amides is 3. The van der Waals surface area contributed by atoms with Gasteiger partial charge in [0.25, 0.3) is 0 Å². The van der Waals surface area contributed by atoms with Crippen molar-refractivity contribution in [2.75, 3.05) is 31.2 Å². The van der Waals surface area contributed by atoms with Crippen molar-refractivity contribution in [1.82, 2.24) is 14.8 Å². The number of rotatable bonds is 8. The number of sulfone groups is 1. The van der Waals surface area contributed by atoms with E-state index < -0.39 is 9.84 Å². The molecule has 2 aliphatic carbocycles. The molecule has 204 valence electrons. The fourth-order valence-corrected chi connectivity index (χ4v) is 6.76. The maximum absolute atomic E-state index is 13.6. The van der Waals surface area contributed by atoms with Gasteiger partial charge in [-0.25, -0.2) is 18.2 Å². The van der Waals surface area contributed by atoms with Crippen molar-refractivity contribution >= 4 is 27.6 Å². The molecule has 3 fully saturated rings. The Bertz CT molecular complexity index is 1270. The predicted octanol–water partition coefficient (Wildman–Crippen LogP) is 4.62. The molecule has 8 nitrogen and oxygen atoms in total. The van der Waals surface area contributed by atoms with E-state index >= 15 is 0 Å². The molecule has 1 saturated heterocycles. The van der Waals surface area contributed by atoms with Crippen molar-refractivity contribution in [2.24, 2.45) is 5.92 Å². The molecule has 1 aromatic heterocycles.